The summed E-state index contributed by atoms with van der Waals surface area (Å²) < 4.78 is 47.9. The molecule has 0 radical (unpaired) electrons. The Morgan fingerprint density at radius 2 is 1.72 bits per heavy atom. The van der Waals surface area contributed by atoms with Gasteiger partial charge in [0.25, 0.3) is 0 Å². The van der Waals surface area contributed by atoms with Crippen molar-refractivity contribution in [2.45, 2.75) is 42.3 Å². The van der Waals surface area contributed by atoms with E-state index < -0.39 is 35.4 Å². The average Bonchev–Trinajstić information content (AvgIpc) is 3.75. The van der Waals surface area contributed by atoms with E-state index in [0.29, 0.717) is 18.8 Å². The Balaban J connectivity index is 1.18. The van der Waals surface area contributed by atoms with Crippen molar-refractivity contribution in [2.24, 2.45) is 29.6 Å². The first-order chi connectivity index (χ1) is 22.0. The number of imide groups is 1. The van der Waals surface area contributed by atoms with Gasteiger partial charge in [0.15, 0.2) is 0 Å². The van der Waals surface area contributed by atoms with Gasteiger partial charge in [-0.2, -0.15) is 13.2 Å². The van der Waals surface area contributed by atoms with Crippen molar-refractivity contribution in [2.75, 3.05) is 4.90 Å². The molecule has 3 heterocycles. The molecular weight excluding hydrogens is 701 g/mol. The lowest BCUT2D eigenvalue weighted by molar-refractivity contribution is -0.137. The van der Waals surface area contributed by atoms with Crippen LogP contribution in [-0.2, 0) is 22.4 Å². The van der Waals surface area contributed by atoms with Gasteiger partial charge in [-0.3, -0.25) is 19.3 Å². The van der Waals surface area contributed by atoms with Crippen LogP contribution in [-0.4, -0.2) is 22.0 Å². The molecule has 6 nitrogen and oxygen atoms in total. The van der Waals surface area contributed by atoms with Gasteiger partial charge in [0.05, 0.1) is 28.1 Å². The van der Waals surface area contributed by atoms with Crippen molar-refractivity contribution in [1.82, 2.24) is 4.98 Å². The van der Waals surface area contributed by atoms with Crippen molar-refractivity contribution in [1.29, 1.82) is 0 Å². The molecule has 2 aliphatic carbocycles. The summed E-state index contributed by atoms with van der Waals surface area (Å²) in [6, 6.07) is 18.4. The largest absolute Gasteiger partial charge is 0.489 e. The molecular formula is C34H26BrF3N2O4S2. The molecule has 1 saturated heterocycles. The molecule has 0 spiro atoms. The molecule has 1 N–H and O–H groups in total. The Hall–Kier alpha value is -3.35. The predicted octanol–water partition coefficient (Wildman–Crippen LogP) is 7.78. The van der Waals surface area contributed by atoms with Crippen molar-refractivity contribution in [3.8, 4) is 5.75 Å². The monoisotopic (exact) mass is 726 g/mol. The number of carbonyl (C=O) groups excluding carboxylic acids is 2. The quantitative estimate of drug-likeness (QED) is 0.213. The molecule has 2 aliphatic heterocycles. The van der Waals surface area contributed by atoms with Gasteiger partial charge in [0.2, 0.25) is 11.8 Å². The highest BCUT2D eigenvalue weighted by molar-refractivity contribution is 9.10. The van der Waals surface area contributed by atoms with Crippen molar-refractivity contribution >= 4 is 56.5 Å². The second kappa shape index (κ2) is 10.8. The van der Waals surface area contributed by atoms with Crippen LogP contribution in [0.3, 0.4) is 0 Å². The number of nitrogens with zero attached hydrogens (tertiary/aromatic N) is 1. The van der Waals surface area contributed by atoms with Gasteiger partial charge in [0, 0.05) is 26.1 Å². The number of nitrogens with one attached hydrogen (secondary N) is 1. The summed E-state index contributed by atoms with van der Waals surface area (Å²) in [5, 5.41) is 0.692. The Morgan fingerprint density at radius 3 is 2.46 bits per heavy atom. The molecule has 4 aromatic rings. The van der Waals surface area contributed by atoms with Gasteiger partial charge < -0.3 is 9.72 Å². The number of fused-ring (bicyclic) bond motifs is 9. The summed E-state index contributed by atoms with van der Waals surface area (Å²) in [4.78, 5) is 45.4. The van der Waals surface area contributed by atoms with Crippen molar-refractivity contribution in [3.05, 3.63) is 108 Å². The maximum atomic E-state index is 14.1. The van der Waals surface area contributed by atoms with Crippen LogP contribution >= 0.6 is 39.0 Å². The Labute approximate surface area is 278 Å². The molecule has 5 unspecified atom stereocenters. The number of hydrogen-bond donors (Lipinski definition) is 1. The lowest BCUT2D eigenvalue weighted by Gasteiger charge is -2.43. The minimum Gasteiger partial charge on any atom is -0.489 e. The SMILES string of the molecule is Cc1ccc(COc2ccc(Br)cc2C2c3sc(=O)[nH]c3SC3C2[C@H]2C[C@@H]3C3C(=O)N(c4cccc(C(F)(F)F)c4)C(=O)C32)cc1. The summed E-state index contributed by atoms with van der Waals surface area (Å²) in [7, 11) is 0. The summed E-state index contributed by atoms with van der Waals surface area (Å²) in [5.74, 6) is -2.20. The smallest absolute Gasteiger partial charge is 0.416 e. The summed E-state index contributed by atoms with van der Waals surface area (Å²) in [6.07, 6.45) is -3.94. The fraction of sp³-hybridized carbons (Fsp3) is 0.324. The average molecular weight is 728 g/mol. The molecule has 1 aromatic heterocycles. The van der Waals surface area contributed by atoms with Crippen LogP contribution in [0.15, 0.2) is 81.0 Å². The van der Waals surface area contributed by atoms with Gasteiger partial charge in [-0.15, -0.1) is 11.8 Å². The highest BCUT2D eigenvalue weighted by atomic mass is 79.9. The van der Waals surface area contributed by atoms with Crippen LogP contribution in [0, 0.1) is 36.5 Å². The highest BCUT2D eigenvalue weighted by Gasteiger charge is 2.70. The third-order valence-electron chi connectivity index (χ3n) is 9.98. The van der Waals surface area contributed by atoms with E-state index in [0.717, 1.165) is 59.4 Å². The summed E-state index contributed by atoms with van der Waals surface area (Å²) in [6.45, 7) is 2.37. The zero-order valence-electron chi connectivity index (χ0n) is 24.2. The molecule has 8 rings (SSSR count). The van der Waals surface area contributed by atoms with Gasteiger partial charge in [0.1, 0.15) is 12.4 Å². The molecule has 236 valence electrons. The van der Waals surface area contributed by atoms with Gasteiger partial charge in [-0.05, 0) is 73.1 Å². The van der Waals surface area contributed by atoms with Gasteiger partial charge in [-0.1, -0.05) is 63.2 Å². The lowest BCUT2D eigenvalue weighted by atomic mass is 9.68. The van der Waals surface area contributed by atoms with Crippen molar-refractivity contribution in [3.63, 3.8) is 0 Å². The number of halogens is 4. The Bertz CT molecular complexity index is 1960. The second-order valence-electron chi connectivity index (χ2n) is 12.5. The maximum Gasteiger partial charge on any atom is 0.416 e. The Morgan fingerprint density at radius 1 is 0.978 bits per heavy atom. The predicted molar refractivity (Wildman–Crippen MR) is 172 cm³/mol. The number of rotatable bonds is 5. The molecule has 2 amide bonds. The fourth-order valence-corrected chi connectivity index (χ4v) is 11.4. The number of aromatic nitrogens is 1. The van der Waals surface area contributed by atoms with Crippen LogP contribution in [0.2, 0.25) is 0 Å². The number of thiazole rings is 1. The number of amides is 2. The van der Waals surface area contributed by atoms with E-state index in [4.69, 9.17) is 4.74 Å². The third kappa shape index (κ3) is 4.70. The number of H-pyrrole nitrogens is 1. The van der Waals surface area contributed by atoms with E-state index >= 15 is 0 Å². The zero-order chi connectivity index (χ0) is 32.1. The van der Waals surface area contributed by atoms with E-state index in [9.17, 15) is 27.6 Å². The molecule has 46 heavy (non-hydrogen) atoms. The molecule has 7 atom stereocenters. The van der Waals surface area contributed by atoms with E-state index in [-0.39, 0.29) is 39.5 Å². The summed E-state index contributed by atoms with van der Waals surface area (Å²) >= 11 is 6.34. The topological polar surface area (TPSA) is 79.5 Å². The minimum absolute atomic E-state index is 0.0481. The van der Waals surface area contributed by atoms with Crippen LogP contribution in [0.1, 0.15) is 39.5 Å². The standard InChI is InChI=1S/C34H26BrF3N2O4S2/c1-15-5-7-16(8-6-15)14-44-23-10-9-18(35)12-20(23)24-25-21-13-22(28(25)45-30-29(24)46-33(43)39-30)27-26(21)31(41)40(32(27)42)19-4-2-3-17(11-19)34(36,37)38/h2-12,21-22,24-28H,13-14H2,1H3,(H,39,43)/t21-,22-,24?,25?,26?,27?,28?/m1/s1. The minimum atomic E-state index is -4.60. The number of thioether (sulfide) groups is 1. The number of carbonyl (C=O) groups is 2. The lowest BCUT2D eigenvalue weighted by Crippen LogP contribution is -2.42. The maximum absolute atomic E-state index is 14.1. The number of ether oxygens (including phenoxy) is 1. The first kappa shape index (κ1) is 30.0. The number of aryl methyl sites for hydroxylation is 1. The molecule has 2 saturated carbocycles. The number of benzene rings is 3. The molecule has 12 heteroatoms. The van der Waals surface area contributed by atoms with Crippen molar-refractivity contribution < 1.29 is 27.5 Å². The van der Waals surface area contributed by atoms with Gasteiger partial charge in [-0.25, -0.2) is 0 Å². The summed E-state index contributed by atoms with van der Waals surface area (Å²) in [5.41, 5.74) is 2.10. The van der Waals surface area contributed by atoms with E-state index in [2.05, 4.69) is 20.9 Å². The number of anilines is 1. The van der Waals surface area contributed by atoms with E-state index in [1.807, 2.05) is 49.4 Å². The van der Waals surface area contributed by atoms with Gasteiger partial charge >= 0.3 is 11.0 Å². The fourth-order valence-electron chi connectivity index (χ4n) is 8.18. The molecule has 4 aliphatic rings. The van der Waals surface area contributed by atoms with Crippen LogP contribution in [0.5, 0.6) is 5.75 Å². The number of alkyl halides is 3. The first-order valence-corrected chi connectivity index (χ1v) is 17.4. The normalized spacial score (nSPS) is 27.9. The van der Waals surface area contributed by atoms with Crippen LogP contribution in [0.25, 0.3) is 0 Å². The second-order valence-corrected chi connectivity index (χ2v) is 15.6. The first-order valence-electron chi connectivity index (χ1n) is 14.9. The highest BCUT2D eigenvalue weighted by Crippen LogP contribution is 2.69. The third-order valence-corrected chi connectivity index (χ3v) is 13.1. The van der Waals surface area contributed by atoms with Crippen LogP contribution in [0.4, 0.5) is 18.9 Å². The molecule has 2 bridgehead atoms. The zero-order valence-corrected chi connectivity index (χ0v) is 27.4. The molecule has 3 fully saturated rings. The van der Waals surface area contributed by atoms with E-state index in [1.54, 1.807) is 11.8 Å². The number of hydrogen-bond acceptors (Lipinski definition) is 6. The molecule has 3 aromatic carbocycles. The Kier molecular flexibility index (Phi) is 7.08. The number of aromatic amines is 1. The van der Waals surface area contributed by atoms with E-state index in [1.165, 1.54) is 12.1 Å². The van der Waals surface area contributed by atoms with Crippen LogP contribution < -0.4 is 14.5 Å².